The van der Waals surface area contributed by atoms with E-state index in [1.807, 2.05) is 6.92 Å². The van der Waals surface area contributed by atoms with E-state index < -0.39 is 5.41 Å². The summed E-state index contributed by atoms with van der Waals surface area (Å²) in [4.78, 5) is 25.1. The minimum absolute atomic E-state index is 0.260. The summed E-state index contributed by atoms with van der Waals surface area (Å²) in [5.41, 5.74) is 1.44. The second kappa shape index (κ2) is 7.46. The van der Waals surface area contributed by atoms with Gasteiger partial charge in [0.2, 0.25) is 11.8 Å². The normalized spacial score (nSPS) is 14.6. The molecule has 1 aliphatic rings. The van der Waals surface area contributed by atoms with E-state index in [2.05, 4.69) is 10.6 Å². The van der Waals surface area contributed by atoms with Crippen LogP contribution in [0.3, 0.4) is 0 Å². The molecule has 0 unspecified atom stereocenters. The summed E-state index contributed by atoms with van der Waals surface area (Å²) in [5, 5.41) is 6.26. The Bertz CT molecular complexity index is 832. The number of halogens is 2. The lowest BCUT2D eigenvalue weighted by Crippen LogP contribution is -2.40. The molecular formula is C20H20ClFN2O2. The zero-order valence-corrected chi connectivity index (χ0v) is 15.2. The molecule has 1 fully saturated rings. The Kier molecular flexibility index (Phi) is 5.28. The van der Waals surface area contributed by atoms with Gasteiger partial charge >= 0.3 is 0 Å². The van der Waals surface area contributed by atoms with E-state index in [1.165, 1.54) is 12.1 Å². The van der Waals surface area contributed by atoms with Gasteiger partial charge in [0.25, 0.3) is 0 Å². The lowest BCUT2D eigenvalue weighted by Gasteiger charge is -2.16. The maximum absolute atomic E-state index is 12.9. The Balaban J connectivity index is 1.56. The maximum atomic E-state index is 12.9. The van der Waals surface area contributed by atoms with E-state index in [1.54, 1.807) is 30.3 Å². The van der Waals surface area contributed by atoms with Crippen molar-refractivity contribution in [2.75, 3.05) is 11.9 Å². The van der Waals surface area contributed by atoms with Gasteiger partial charge < -0.3 is 10.6 Å². The number of hydrogen-bond acceptors (Lipinski definition) is 2. The van der Waals surface area contributed by atoms with Gasteiger partial charge in [-0.3, -0.25) is 9.59 Å². The molecule has 1 saturated carbocycles. The van der Waals surface area contributed by atoms with Crippen LogP contribution in [0.15, 0.2) is 42.5 Å². The lowest BCUT2D eigenvalue weighted by atomic mass is 10.0. The van der Waals surface area contributed by atoms with Gasteiger partial charge in [0.1, 0.15) is 11.2 Å². The van der Waals surface area contributed by atoms with Gasteiger partial charge in [-0.2, -0.15) is 0 Å². The first kappa shape index (κ1) is 18.4. The highest BCUT2D eigenvalue weighted by molar-refractivity contribution is 6.30. The maximum Gasteiger partial charge on any atom is 0.240 e. The van der Waals surface area contributed by atoms with E-state index in [0.29, 0.717) is 36.5 Å². The van der Waals surface area contributed by atoms with Crippen molar-refractivity contribution in [2.45, 2.75) is 26.2 Å². The van der Waals surface area contributed by atoms with E-state index in [4.69, 9.17) is 11.6 Å². The summed E-state index contributed by atoms with van der Waals surface area (Å²) in [6, 6.07) is 11.3. The van der Waals surface area contributed by atoms with Gasteiger partial charge in [0.05, 0.1) is 0 Å². The van der Waals surface area contributed by atoms with Gasteiger partial charge in [-0.25, -0.2) is 4.39 Å². The van der Waals surface area contributed by atoms with Crippen molar-refractivity contribution in [3.63, 3.8) is 0 Å². The van der Waals surface area contributed by atoms with E-state index in [9.17, 15) is 14.0 Å². The average Bonchev–Trinajstić information content (AvgIpc) is 3.41. The van der Waals surface area contributed by atoms with Crippen LogP contribution in [0.5, 0.6) is 0 Å². The van der Waals surface area contributed by atoms with Crippen molar-refractivity contribution >= 4 is 29.1 Å². The number of anilines is 1. The molecule has 0 atom stereocenters. The molecule has 0 heterocycles. The third-order valence-corrected chi connectivity index (χ3v) is 4.90. The van der Waals surface area contributed by atoms with Crippen LogP contribution < -0.4 is 10.6 Å². The quantitative estimate of drug-likeness (QED) is 0.754. The standard InChI is InChI=1S/C20H20ClFN2O2/c1-13-12-15(21)4-7-17(13)24-19(26)20(9-10-20)18(25)23-11-8-14-2-5-16(22)6-3-14/h2-7,12H,8-11H2,1H3,(H,23,25)(H,24,26). The predicted octanol–water partition coefficient (Wildman–Crippen LogP) is 3.87. The third-order valence-electron chi connectivity index (χ3n) is 4.67. The van der Waals surface area contributed by atoms with Crippen molar-refractivity contribution < 1.29 is 14.0 Å². The van der Waals surface area contributed by atoms with Crippen molar-refractivity contribution in [3.8, 4) is 0 Å². The summed E-state index contributed by atoms with van der Waals surface area (Å²) in [6.45, 7) is 2.25. The summed E-state index contributed by atoms with van der Waals surface area (Å²) >= 11 is 5.92. The number of benzene rings is 2. The number of nitrogens with one attached hydrogen (secondary N) is 2. The molecule has 1 aliphatic carbocycles. The number of amides is 2. The molecule has 2 aromatic carbocycles. The number of rotatable bonds is 6. The first-order valence-corrected chi connectivity index (χ1v) is 8.89. The highest BCUT2D eigenvalue weighted by Gasteiger charge is 2.56. The Morgan fingerprint density at radius 3 is 2.42 bits per heavy atom. The third kappa shape index (κ3) is 4.05. The monoisotopic (exact) mass is 374 g/mol. The first-order valence-electron chi connectivity index (χ1n) is 8.51. The van der Waals surface area contributed by atoms with Gasteiger partial charge in [-0.05, 0) is 67.6 Å². The Morgan fingerprint density at radius 1 is 1.12 bits per heavy atom. The van der Waals surface area contributed by atoms with Crippen LogP contribution in [0, 0.1) is 18.2 Å². The van der Waals surface area contributed by atoms with Gasteiger partial charge in [-0.1, -0.05) is 23.7 Å². The van der Waals surface area contributed by atoms with Crippen LogP contribution in [0.4, 0.5) is 10.1 Å². The Morgan fingerprint density at radius 2 is 1.81 bits per heavy atom. The van der Waals surface area contributed by atoms with Crippen molar-refractivity contribution in [1.29, 1.82) is 0 Å². The summed E-state index contributed by atoms with van der Waals surface area (Å²) in [7, 11) is 0. The molecule has 0 radical (unpaired) electrons. The molecule has 6 heteroatoms. The number of carbonyl (C=O) groups is 2. The van der Waals surface area contributed by atoms with E-state index in [-0.39, 0.29) is 17.6 Å². The van der Waals surface area contributed by atoms with Crippen molar-refractivity contribution in [1.82, 2.24) is 5.32 Å². The van der Waals surface area contributed by atoms with Crippen LogP contribution in [0.2, 0.25) is 5.02 Å². The van der Waals surface area contributed by atoms with Gasteiger partial charge in [0, 0.05) is 17.3 Å². The second-order valence-electron chi connectivity index (χ2n) is 6.63. The molecule has 0 spiro atoms. The summed E-state index contributed by atoms with van der Waals surface area (Å²) in [5.74, 6) is -0.838. The number of carbonyl (C=O) groups excluding carboxylic acids is 2. The highest BCUT2D eigenvalue weighted by atomic mass is 35.5. The van der Waals surface area contributed by atoms with E-state index in [0.717, 1.165) is 11.1 Å². The highest BCUT2D eigenvalue weighted by Crippen LogP contribution is 2.47. The molecule has 136 valence electrons. The van der Waals surface area contributed by atoms with Crippen LogP contribution in [-0.2, 0) is 16.0 Å². The Hall–Kier alpha value is -2.40. The molecule has 26 heavy (non-hydrogen) atoms. The van der Waals surface area contributed by atoms with E-state index >= 15 is 0 Å². The fraction of sp³-hybridized carbons (Fsp3) is 0.300. The number of aryl methyl sites for hydroxylation is 1. The minimum Gasteiger partial charge on any atom is -0.355 e. The fourth-order valence-electron chi connectivity index (χ4n) is 2.83. The zero-order valence-electron chi connectivity index (χ0n) is 14.4. The second-order valence-corrected chi connectivity index (χ2v) is 7.06. The largest absolute Gasteiger partial charge is 0.355 e. The SMILES string of the molecule is Cc1cc(Cl)ccc1NC(=O)C1(C(=O)NCCc2ccc(F)cc2)CC1. The molecule has 0 aliphatic heterocycles. The first-order chi connectivity index (χ1) is 12.4. The van der Waals surface area contributed by atoms with Crippen LogP contribution in [-0.4, -0.2) is 18.4 Å². The zero-order chi connectivity index (χ0) is 18.7. The average molecular weight is 375 g/mol. The Labute approximate surface area is 156 Å². The van der Waals surface area contributed by atoms with Crippen molar-refractivity contribution in [2.24, 2.45) is 5.41 Å². The molecule has 3 rings (SSSR count). The molecule has 2 aromatic rings. The molecule has 2 N–H and O–H groups in total. The molecule has 0 bridgehead atoms. The summed E-state index contributed by atoms with van der Waals surface area (Å²) < 4.78 is 12.9. The topological polar surface area (TPSA) is 58.2 Å². The van der Waals surface area contributed by atoms with Gasteiger partial charge in [-0.15, -0.1) is 0 Å². The predicted molar refractivity (Wildman–Crippen MR) is 99.6 cm³/mol. The van der Waals surface area contributed by atoms with Crippen LogP contribution >= 0.6 is 11.6 Å². The van der Waals surface area contributed by atoms with Crippen LogP contribution in [0.25, 0.3) is 0 Å². The molecule has 2 amide bonds. The molecule has 0 aromatic heterocycles. The summed E-state index contributed by atoms with van der Waals surface area (Å²) in [6.07, 6.45) is 1.65. The fourth-order valence-corrected chi connectivity index (χ4v) is 3.06. The van der Waals surface area contributed by atoms with Gasteiger partial charge in [0.15, 0.2) is 0 Å². The lowest BCUT2D eigenvalue weighted by molar-refractivity contribution is -0.134. The number of hydrogen-bond donors (Lipinski definition) is 2. The minimum atomic E-state index is -0.991. The molecular weight excluding hydrogens is 355 g/mol. The smallest absolute Gasteiger partial charge is 0.240 e. The molecule has 0 saturated heterocycles. The molecule has 4 nitrogen and oxygen atoms in total. The van der Waals surface area contributed by atoms with Crippen molar-refractivity contribution in [3.05, 3.63) is 64.4 Å². The van der Waals surface area contributed by atoms with Crippen LogP contribution in [0.1, 0.15) is 24.0 Å².